The van der Waals surface area contributed by atoms with Gasteiger partial charge in [-0.25, -0.2) is 4.18 Å². The van der Waals surface area contributed by atoms with Crippen LogP contribution >= 0.6 is 0 Å². The predicted octanol–water partition coefficient (Wildman–Crippen LogP) is 0.148. The van der Waals surface area contributed by atoms with Crippen LogP contribution in [0, 0.1) is 0 Å². The second kappa shape index (κ2) is 5.06. The Hall–Kier alpha value is -0.170. The molecule has 14 heavy (non-hydrogen) atoms. The van der Waals surface area contributed by atoms with Crippen molar-refractivity contribution in [3.05, 3.63) is 0 Å². The molecule has 0 saturated carbocycles. The molecule has 0 rings (SSSR count). The Morgan fingerprint density at radius 1 is 1.00 bits per heavy atom. The molecule has 0 amide bonds. The second-order valence-corrected chi connectivity index (χ2v) is 5.58. The number of nitrogens with zero attached hydrogens (tertiary/aromatic N) is 2. The highest BCUT2D eigenvalue weighted by molar-refractivity contribution is 7.87. The van der Waals surface area contributed by atoms with Crippen LogP contribution in [-0.2, 0) is 14.3 Å². The molecular formula is C8H20N2O3S. The van der Waals surface area contributed by atoms with E-state index in [0.29, 0.717) is 0 Å². The summed E-state index contributed by atoms with van der Waals surface area (Å²) in [5.74, 6) is 0. The molecular weight excluding hydrogens is 204 g/mol. The van der Waals surface area contributed by atoms with Crippen LogP contribution in [0.3, 0.4) is 0 Å². The maximum atomic E-state index is 11.6. The van der Waals surface area contributed by atoms with E-state index in [1.165, 1.54) is 0 Å². The lowest BCUT2D eigenvalue weighted by molar-refractivity contribution is 0.0835. The van der Waals surface area contributed by atoms with E-state index in [-0.39, 0.29) is 0 Å². The van der Waals surface area contributed by atoms with Crippen LogP contribution in [0.1, 0.15) is 13.8 Å². The van der Waals surface area contributed by atoms with Crippen LogP contribution in [0.4, 0.5) is 0 Å². The van der Waals surface area contributed by atoms with Crippen LogP contribution in [0.2, 0.25) is 0 Å². The third kappa shape index (κ3) is 3.91. The Bertz CT molecular complexity index is 262. The fraction of sp³-hybridized carbons (Fsp3) is 1.00. The lowest BCUT2D eigenvalue weighted by Gasteiger charge is -2.24. The smallest absolute Gasteiger partial charge is 0.284 e. The Balaban J connectivity index is 4.50. The van der Waals surface area contributed by atoms with Gasteiger partial charge in [-0.15, -0.1) is 0 Å². The molecule has 0 fully saturated rings. The van der Waals surface area contributed by atoms with Crippen molar-refractivity contribution in [1.29, 1.82) is 0 Å². The van der Waals surface area contributed by atoms with Crippen LogP contribution in [0.25, 0.3) is 0 Å². The molecule has 0 saturated heterocycles. The first kappa shape index (κ1) is 13.8. The average molecular weight is 224 g/mol. The van der Waals surface area contributed by atoms with Gasteiger partial charge in [0.05, 0.1) is 0 Å². The van der Waals surface area contributed by atoms with Crippen molar-refractivity contribution in [3.8, 4) is 0 Å². The zero-order valence-corrected chi connectivity index (χ0v) is 10.5. The zero-order valence-electron chi connectivity index (χ0n) is 9.68. The van der Waals surface area contributed by atoms with Crippen LogP contribution in [0.15, 0.2) is 0 Å². The highest BCUT2D eigenvalue weighted by atomic mass is 32.2. The summed E-state index contributed by atoms with van der Waals surface area (Å²) in [5, 5.41) is -0.634. The quantitative estimate of drug-likeness (QED) is 0.491. The first-order valence-electron chi connectivity index (χ1n) is 4.43. The molecule has 0 aliphatic rings. The lowest BCUT2D eigenvalue weighted by Crippen LogP contribution is -2.39. The van der Waals surface area contributed by atoms with Gasteiger partial charge in [0.25, 0.3) is 10.1 Å². The van der Waals surface area contributed by atoms with Gasteiger partial charge in [-0.1, -0.05) is 0 Å². The van der Waals surface area contributed by atoms with E-state index >= 15 is 0 Å². The van der Waals surface area contributed by atoms with Crippen LogP contribution in [-0.4, -0.2) is 58.0 Å². The van der Waals surface area contributed by atoms with E-state index in [1.807, 2.05) is 0 Å². The minimum Gasteiger partial charge on any atom is -0.292 e. The standard InChI is InChI=1S/C8H20N2O3S/c1-7(9(3)4)13-14(11,12)8(2)10(5)6/h7-8H,1-6H3. The summed E-state index contributed by atoms with van der Waals surface area (Å²) in [7, 11) is 3.41. The number of rotatable bonds is 5. The SMILES string of the molecule is CC(OS(=O)(=O)C(C)N(C)C)N(C)C. The van der Waals surface area contributed by atoms with Gasteiger partial charge in [-0.3, -0.25) is 9.80 Å². The van der Waals surface area contributed by atoms with E-state index < -0.39 is 21.7 Å². The molecule has 0 spiro atoms. The largest absolute Gasteiger partial charge is 0.292 e. The second-order valence-electron chi connectivity index (χ2n) is 3.71. The monoisotopic (exact) mass is 224 g/mol. The Morgan fingerprint density at radius 3 is 1.71 bits per heavy atom. The summed E-state index contributed by atoms with van der Waals surface area (Å²) in [5.41, 5.74) is 0. The molecule has 0 aromatic heterocycles. The third-order valence-corrected chi connectivity index (χ3v) is 3.95. The number of hydrogen-bond acceptors (Lipinski definition) is 5. The Kier molecular flexibility index (Phi) is 5.00. The molecule has 2 unspecified atom stereocenters. The van der Waals surface area contributed by atoms with Gasteiger partial charge in [0, 0.05) is 0 Å². The third-order valence-electron chi connectivity index (χ3n) is 2.15. The molecule has 86 valence electrons. The van der Waals surface area contributed by atoms with Crippen molar-refractivity contribution < 1.29 is 12.6 Å². The van der Waals surface area contributed by atoms with Gasteiger partial charge in [0.2, 0.25) is 0 Å². The molecule has 2 atom stereocenters. The van der Waals surface area contributed by atoms with Crippen molar-refractivity contribution in [2.45, 2.75) is 25.4 Å². The maximum absolute atomic E-state index is 11.6. The molecule has 0 heterocycles. The van der Waals surface area contributed by atoms with Gasteiger partial charge in [-0.2, -0.15) is 8.42 Å². The predicted molar refractivity (Wildman–Crippen MR) is 56.3 cm³/mol. The lowest BCUT2D eigenvalue weighted by atomic mass is 10.6. The summed E-state index contributed by atoms with van der Waals surface area (Å²) in [6, 6.07) is 0. The van der Waals surface area contributed by atoms with Gasteiger partial charge in [-0.05, 0) is 42.0 Å². The minimum absolute atomic E-state index is 0.442. The fourth-order valence-electron chi connectivity index (χ4n) is 0.619. The Labute approximate surface area is 86.8 Å². The first-order chi connectivity index (χ1) is 6.18. The Morgan fingerprint density at radius 2 is 1.43 bits per heavy atom. The molecule has 0 N–H and O–H groups in total. The highest BCUT2D eigenvalue weighted by Crippen LogP contribution is 2.10. The first-order valence-corrected chi connectivity index (χ1v) is 5.90. The van der Waals surface area contributed by atoms with Crippen LogP contribution in [0.5, 0.6) is 0 Å². The molecule has 0 radical (unpaired) electrons. The molecule has 0 aromatic carbocycles. The van der Waals surface area contributed by atoms with E-state index in [1.54, 1.807) is 51.8 Å². The molecule has 0 aromatic rings. The molecule has 5 nitrogen and oxygen atoms in total. The van der Waals surface area contributed by atoms with E-state index in [2.05, 4.69) is 0 Å². The van der Waals surface area contributed by atoms with E-state index in [4.69, 9.17) is 4.18 Å². The molecule has 0 aliphatic heterocycles. The van der Waals surface area contributed by atoms with Crippen molar-refractivity contribution in [3.63, 3.8) is 0 Å². The van der Waals surface area contributed by atoms with Crippen molar-refractivity contribution >= 4 is 10.1 Å². The van der Waals surface area contributed by atoms with Crippen molar-refractivity contribution in [1.82, 2.24) is 9.80 Å². The minimum atomic E-state index is -3.52. The highest BCUT2D eigenvalue weighted by Gasteiger charge is 2.26. The summed E-state index contributed by atoms with van der Waals surface area (Å²) < 4.78 is 28.2. The molecule has 6 heteroatoms. The summed E-state index contributed by atoms with van der Waals surface area (Å²) in [4.78, 5) is 3.29. The fourth-order valence-corrected chi connectivity index (χ4v) is 1.86. The molecule has 0 aliphatic carbocycles. The van der Waals surface area contributed by atoms with Crippen LogP contribution < -0.4 is 0 Å². The summed E-state index contributed by atoms with van der Waals surface area (Å²) in [6.07, 6.45) is -0.442. The van der Waals surface area contributed by atoms with Gasteiger partial charge in [0.1, 0.15) is 11.6 Å². The van der Waals surface area contributed by atoms with Gasteiger partial charge in [0.15, 0.2) is 0 Å². The molecule has 0 bridgehead atoms. The van der Waals surface area contributed by atoms with Gasteiger partial charge >= 0.3 is 0 Å². The maximum Gasteiger partial charge on any atom is 0.284 e. The average Bonchev–Trinajstić information content (AvgIpc) is 2.01. The van der Waals surface area contributed by atoms with Crippen molar-refractivity contribution in [2.75, 3.05) is 28.2 Å². The van der Waals surface area contributed by atoms with E-state index in [0.717, 1.165) is 0 Å². The normalized spacial score (nSPS) is 17.4. The topological polar surface area (TPSA) is 49.9 Å². The summed E-state index contributed by atoms with van der Waals surface area (Å²) in [6.45, 7) is 3.29. The van der Waals surface area contributed by atoms with Crippen molar-refractivity contribution in [2.24, 2.45) is 0 Å². The van der Waals surface area contributed by atoms with E-state index in [9.17, 15) is 8.42 Å². The zero-order chi connectivity index (χ0) is 11.5. The number of hydrogen-bond donors (Lipinski definition) is 0. The van der Waals surface area contributed by atoms with Gasteiger partial charge < -0.3 is 0 Å². The summed E-state index contributed by atoms with van der Waals surface area (Å²) >= 11 is 0.